The molecule has 2 rings (SSSR count). The number of hydrogen-bond donors (Lipinski definition) is 1. The van der Waals surface area contributed by atoms with Crippen molar-refractivity contribution < 1.29 is 9.18 Å². The Hall–Kier alpha value is -0.610. The molecule has 0 spiro atoms. The first-order valence-corrected chi connectivity index (χ1v) is 7.66. The molecule has 1 aliphatic rings. The second-order valence-electron chi connectivity index (χ2n) is 4.97. The zero-order valence-corrected chi connectivity index (χ0v) is 12.8. The molecule has 1 aliphatic carbocycles. The molecule has 0 radical (unpaired) electrons. The molecule has 0 saturated heterocycles. The third-order valence-corrected chi connectivity index (χ3v) is 4.49. The molecule has 1 aromatic rings. The van der Waals surface area contributed by atoms with Crippen molar-refractivity contribution in [2.75, 3.05) is 6.54 Å². The molecule has 19 heavy (non-hydrogen) atoms. The average Bonchev–Trinajstić information content (AvgIpc) is 2.39. The molecule has 104 valence electrons. The maximum Gasteiger partial charge on any atom is 0.251 e. The summed E-state index contributed by atoms with van der Waals surface area (Å²) in [7, 11) is 0. The molecule has 1 amide bonds. The third kappa shape index (κ3) is 4.18. The minimum Gasteiger partial charge on any atom is -0.352 e. The summed E-state index contributed by atoms with van der Waals surface area (Å²) in [5, 5.41) is 3.08. The Kier molecular flexibility index (Phi) is 5.22. The van der Waals surface area contributed by atoms with Crippen molar-refractivity contribution in [3.05, 3.63) is 34.1 Å². The van der Waals surface area contributed by atoms with Crippen LogP contribution in [-0.2, 0) is 0 Å². The Morgan fingerprint density at radius 1 is 1.47 bits per heavy atom. The number of benzene rings is 1. The predicted molar refractivity (Wildman–Crippen MR) is 78.0 cm³/mol. The van der Waals surface area contributed by atoms with Crippen molar-refractivity contribution in [2.45, 2.75) is 31.1 Å². The van der Waals surface area contributed by atoms with Gasteiger partial charge >= 0.3 is 0 Å². The highest BCUT2D eigenvalue weighted by Crippen LogP contribution is 2.27. The van der Waals surface area contributed by atoms with Crippen molar-refractivity contribution in [3.63, 3.8) is 0 Å². The fourth-order valence-electron chi connectivity index (χ4n) is 2.39. The third-order valence-electron chi connectivity index (χ3n) is 3.45. The van der Waals surface area contributed by atoms with Gasteiger partial charge in [-0.2, -0.15) is 0 Å². The van der Waals surface area contributed by atoms with Crippen LogP contribution < -0.4 is 5.32 Å². The fraction of sp³-hybridized carbons (Fsp3) is 0.500. The van der Waals surface area contributed by atoms with Gasteiger partial charge in [-0.25, -0.2) is 4.39 Å². The Labute approximate surface area is 125 Å². The lowest BCUT2D eigenvalue weighted by atomic mass is 9.89. The zero-order valence-electron chi connectivity index (χ0n) is 10.5. The number of hydrogen-bond acceptors (Lipinski definition) is 1. The minimum absolute atomic E-state index is 0.223. The van der Waals surface area contributed by atoms with E-state index in [0.29, 0.717) is 22.5 Å². The Bertz CT molecular complexity index is 469. The molecule has 1 fully saturated rings. The molecular weight excluding hydrogens is 333 g/mol. The van der Waals surface area contributed by atoms with Crippen LogP contribution >= 0.6 is 27.5 Å². The van der Waals surface area contributed by atoms with Crippen LogP contribution in [0.15, 0.2) is 22.7 Å². The lowest BCUT2D eigenvalue weighted by Crippen LogP contribution is -2.32. The highest BCUT2D eigenvalue weighted by Gasteiger charge is 2.20. The van der Waals surface area contributed by atoms with Gasteiger partial charge in [-0.1, -0.05) is 6.42 Å². The van der Waals surface area contributed by atoms with Gasteiger partial charge in [0.1, 0.15) is 5.82 Å². The van der Waals surface area contributed by atoms with E-state index in [4.69, 9.17) is 11.6 Å². The predicted octanol–water partition coefficient (Wildman–Crippen LogP) is 4.12. The number of alkyl halides is 1. The molecule has 2 nitrogen and oxygen atoms in total. The topological polar surface area (TPSA) is 29.1 Å². The molecule has 2 atom stereocenters. The van der Waals surface area contributed by atoms with E-state index in [-0.39, 0.29) is 11.3 Å². The maximum atomic E-state index is 13.3. The van der Waals surface area contributed by atoms with Crippen LogP contribution in [0.2, 0.25) is 0 Å². The SMILES string of the molecule is O=C(NCC1CCCC(Cl)C1)c1ccc(Br)c(F)c1. The summed E-state index contributed by atoms with van der Waals surface area (Å²) in [4.78, 5) is 11.9. The van der Waals surface area contributed by atoms with Crippen LogP contribution in [0.5, 0.6) is 0 Å². The first-order chi connectivity index (χ1) is 9.06. The van der Waals surface area contributed by atoms with Crippen LogP contribution in [0, 0.1) is 11.7 Å². The second-order valence-corrected chi connectivity index (χ2v) is 6.44. The Morgan fingerprint density at radius 3 is 2.95 bits per heavy atom. The number of amides is 1. The smallest absolute Gasteiger partial charge is 0.251 e. The summed E-state index contributed by atoms with van der Waals surface area (Å²) in [6.45, 7) is 0.611. The molecule has 1 saturated carbocycles. The lowest BCUT2D eigenvalue weighted by Gasteiger charge is -2.25. The van der Waals surface area contributed by atoms with E-state index in [9.17, 15) is 9.18 Å². The molecule has 0 aliphatic heterocycles. The number of halogens is 3. The summed E-state index contributed by atoms with van der Waals surface area (Å²) < 4.78 is 13.7. The van der Waals surface area contributed by atoms with E-state index in [0.717, 1.165) is 25.7 Å². The summed E-state index contributed by atoms with van der Waals surface area (Å²) in [6.07, 6.45) is 4.21. The lowest BCUT2D eigenvalue weighted by molar-refractivity contribution is 0.0943. The van der Waals surface area contributed by atoms with Crippen LogP contribution in [0.25, 0.3) is 0 Å². The van der Waals surface area contributed by atoms with Gasteiger partial charge < -0.3 is 5.32 Å². The highest BCUT2D eigenvalue weighted by molar-refractivity contribution is 9.10. The van der Waals surface area contributed by atoms with E-state index in [1.807, 2.05) is 0 Å². The largest absolute Gasteiger partial charge is 0.352 e. The fourth-order valence-corrected chi connectivity index (χ4v) is 3.04. The Balaban J connectivity index is 1.88. The zero-order chi connectivity index (χ0) is 13.8. The molecule has 5 heteroatoms. The van der Waals surface area contributed by atoms with Gasteiger partial charge in [0.15, 0.2) is 0 Å². The Morgan fingerprint density at radius 2 is 2.26 bits per heavy atom. The van der Waals surface area contributed by atoms with E-state index in [1.165, 1.54) is 6.07 Å². The normalized spacial score (nSPS) is 23.1. The molecule has 0 aromatic heterocycles. The molecule has 1 aromatic carbocycles. The number of rotatable bonds is 3. The number of carbonyl (C=O) groups is 1. The highest BCUT2D eigenvalue weighted by atomic mass is 79.9. The monoisotopic (exact) mass is 347 g/mol. The average molecular weight is 349 g/mol. The number of nitrogens with one attached hydrogen (secondary N) is 1. The summed E-state index contributed by atoms with van der Waals surface area (Å²) in [6, 6.07) is 4.39. The molecular formula is C14H16BrClFNO. The van der Waals surface area contributed by atoms with Crippen LogP contribution in [0.3, 0.4) is 0 Å². The molecule has 2 unspecified atom stereocenters. The van der Waals surface area contributed by atoms with Crippen molar-refractivity contribution in [3.8, 4) is 0 Å². The van der Waals surface area contributed by atoms with Crippen molar-refractivity contribution in [1.29, 1.82) is 0 Å². The van der Waals surface area contributed by atoms with Crippen molar-refractivity contribution in [1.82, 2.24) is 5.32 Å². The van der Waals surface area contributed by atoms with E-state index < -0.39 is 5.82 Å². The van der Waals surface area contributed by atoms with Crippen LogP contribution in [-0.4, -0.2) is 17.8 Å². The molecule has 0 bridgehead atoms. The van der Waals surface area contributed by atoms with Gasteiger partial charge in [0, 0.05) is 17.5 Å². The quantitative estimate of drug-likeness (QED) is 0.818. The first kappa shape index (κ1) is 14.8. The molecule has 1 N–H and O–H groups in total. The minimum atomic E-state index is -0.425. The van der Waals surface area contributed by atoms with Gasteiger partial charge in [-0.3, -0.25) is 4.79 Å². The van der Waals surface area contributed by atoms with Gasteiger partial charge in [-0.15, -0.1) is 11.6 Å². The van der Waals surface area contributed by atoms with E-state index in [2.05, 4.69) is 21.2 Å². The maximum absolute atomic E-state index is 13.3. The van der Waals surface area contributed by atoms with Crippen molar-refractivity contribution in [2.24, 2.45) is 5.92 Å². The van der Waals surface area contributed by atoms with E-state index >= 15 is 0 Å². The van der Waals surface area contributed by atoms with Crippen molar-refractivity contribution >= 4 is 33.4 Å². The standard InChI is InChI=1S/C14H16BrClFNO/c15-12-5-4-10(7-13(12)17)14(19)18-8-9-2-1-3-11(16)6-9/h4-5,7,9,11H,1-3,6,8H2,(H,18,19). The van der Waals surface area contributed by atoms with Gasteiger partial charge in [0.25, 0.3) is 5.91 Å². The van der Waals surface area contributed by atoms with E-state index in [1.54, 1.807) is 12.1 Å². The summed E-state index contributed by atoms with van der Waals surface area (Å²) >= 11 is 9.18. The van der Waals surface area contributed by atoms with Crippen LogP contribution in [0.1, 0.15) is 36.0 Å². The van der Waals surface area contributed by atoms with Crippen LogP contribution in [0.4, 0.5) is 4.39 Å². The van der Waals surface area contributed by atoms with Gasteiger partial charge in [-0.05, 0) is 59.3 Å². The first-order valence-electron chi connectivity index (χ1n) is 6.43. The van der Waals surface area contributed by atoms with Gasteiger partial charge in [0.2, 0.25) is 0 Å². The summed E-state index contributed by atoms with van der Waals surface area (Å²) in [5.74, 6) is -0.227. The summed E-state index contributed by atoms with van der Waals surface area (Å²) in [5.41, 5.74) is 0.346. The number of carbonyl (C=O) groups excluding carboxylic acids is 1. The molecule has 0 heterocycles. The van der Waals surface area contributed by atoms with Gasteiger partial charge in [0.05, 0.1) is 4.47 Å². The second kappa shape index (κ2) is 6.71.